The van der Waals surface area contributed by atoms with Crippen molar-refractivity contribution >= 4 is 11.9 Å². The van der Waals surface area contributed by atoms with Gasteiger partial charge >= 0.3 is 11.9 Å². The van der Waals surface area contributed by atoms with Crippen LogP contribution < -0.4 is 0 Å². The van der Waals surface area contributed by atoms with Gasteiger partial charge in [-0.1, -0.05) is 18.2 Å². The SMILES string of the molecule is C=CCC(CC(C(=O)OC(C)C)C(=O)OC(C)C)c1ccc(F)cc1. The van der Waals surface area contributed by atoms with Crippen LogP contribution in [0.2, 0.25) is 0 Å². The van der Waals surface area contributed by atoms with Crippen molar-refractivity contribution in [2.24, 2.45) is 5.92 Å². The lowest BCUT2D eigenvalue weighted by Crippen LogP contribution is -2.32. The predicted octanol–water partition coefficient (Wildman–Crippen LogP) is 4.39. The monoisotopic (exact) mass is 350 g/mol. The van der Waals surface area contributed by atoms with Crippen LogP contribution in [0.15, 0.2) is 36.9 Å². The summed E-state index contributed by atoms with van der Waals surface area (Å²) < 4.78 is 23.6. The molecule has 138 valence electrons. The number of ether oxygens (including phenoxy) is 2. The Hall–Kier alpha value is -2.17. The van der Waals surface area contributed by atoms with Gasteiger partial charge < -0.3 is 9.47 Å². The Bertz CT molecular complexity index is 556. The molecule has 25 heavy (non-hydrogen) atoms. The Morgan fingerprint density at radius 3 is 1.92 bits per heavy atom. The molecule has 1 unspecified atom stereocenters. The number of benzene rings is 1. The average molecular weight is 350 g/mol. The lowest BCUT2D eigenvalue weighted by atomic mass is 9.86. The smallest absolute Gasteiger partial charge is 0.320 e. The fraction of sp³-hybridized carbons (Fsp3) is 0.500. The molecule has 1 atom stereocenters. The Kier molecular flexibility index (Phi) is 8.32. The van der Waals surface area contributed by atoms with E-state index in [0.29, 0.717) is 6.42 Å². The molecular weight excluding hydrogens is 323 g/mol. The highest BCUT2D eigenvalue weighted by atomic mass is 19.1. The maximum atomic E-state index is 13.2. The van der Waals surface area contributed by atoms with Crippen LogP contribution >= 0.6 is 0 Å². The number of allylic oxidation sites excluding steroid dienone is 1. The summed E-state index contributed by atoms with van der Waals surface area (Å²) in [4.78, 5) is 24.8. The topological polar surface area (TPSA) is 52.6 Å². The zero-order valence-electron chi connectivity index (χ0n) is 15.3. The third-order valence-corrected chi connectivity index (χ3v) is 3.59. The first-order valence-corrected chi connectivity index (χ1v) is 8.51. The van der Waals surface area contributed by atoms with Gasteiger partial charge in [0.15, 0.2) is 5.92 Å². The summed E-state index contributed by atoms with van der Waals surface area (Å²) >= 11 is 0. The van der Waals surface area contributed by atoms with Gasteiger partial charge in [0.05, 0.1) is 12.2 Å². The third-order valence-electron chi connectivity index (χ3n) is 3.59. The highest BCUT2D eigenvalue weighted by Crippen LogP contribution is 2.29. The maximum Gasteiger partial charge on any atom is 0.320 e. The van der Waals surface area contributed by atoms with Crippen LogP contribution in [-0.4, -0.2) is 24.1 Å². The van der Waals surface area contributed by atoms with Crippen LogP contribution in [0.1, 0.15) is 52.0 Å². The van der Waals surface area contributed by atoms with E-state index >= 15 is 0 Å². The van der Waals surface area contributed by atoms with Crippen molar-refractivity contribution in [3.63, 3.8) is 0 Å². The zero-order valence-corrected chi connectivity index (χ0v) is 15.3. The molecule has 4 nitrogen and oxygen atoms in total. The van der Waals surface area contributed by atoms with Gasteiger partial charge in [0.2, 0.25) is 0 Å². The van der Waals surface area contributed by atoms with Crippen molar-refractivity contribution in [1.29, 1.82) is 0 Å². The van der Waals surface area contributed by atoms with Crippen LogP contribution in [0.4, 0.5) is 4.39 Å². The standard InChI is InChI=1S/C20H27FO4/c1-6-7-16(15-8-10-17(21)11-9-15)12-18(19(22)24-13(2)3)20(23)25-14(4)5/h6,8-11,13-14,16,18H,1,7,12H2,2-5H3. The second-order valence-electron chi connectivity index (χ2n) is 6.53. The highest BCUT2D eigenvalue weighted by molar-refractivity contribution is 5.95. The molecular formula is C20H27FO4. The van der Waals surface area contributed by atoms with Gasteiger partial charge in [0.25, 0.3) is 0 Å². The number of carbonyl (C=O) groups excluding carboxylic acids is 2. The van der Waals surface area contributed by atoms with Crippen LogP contribution in [0.25, 0.3) is 0 Å². The van der Waals surface area contributed by atoms with E-state index < -0.39 is 17.9 Å². The summed E-state index contributed by atoms with van der Waals surface area (Å²) in [5.74, 6) is -2.73. The maximum absolute atomic E-state index is 13.2. The van der Waals surface area contributed by atoms with Gasteiger partial charge in [-0.15, -0.1) is 6.58 Å². The molecule has 0 aliphatic rings. The molecule has 1 aromatic carbocycles. The molecule has 0 amide bonds. The number of hydrogen-bond acceptors (Lipinski definition) is 4. The quantitative estimate of drug-likeness (QED) is 0.376. The van der Waals surface area contributed by atoms with E-state index in [2.05, 4.69) is 6.58 Å². The molecule has 0 bridgehead atoms. The molecule has 0 aliphatic heterocycles. The van der Waals surface area contributed by atoms with Gasteiger partial charge in [-0.05, 0) is 64.2 Å². The van der Waals surface area contributed by atoms with E-state index in [9.17, 15) is 14.0 Å². The summed E-state index contributed by atoms with van der Waals surface area (Å²) in [5.41, 5.74) is 0.834. The minimum atomic E-state index is -1.03. The number of halogens is 1. The van der Waals surface area contributed by atoms with Crippen LogP contribution in [-0.2, 0) is 19.1 Å². The third kappa shape index (κ3) is 7.08. The molecule has 1 rings (SSSR count). The van der Waals surface area contributed by atoms with Gasteiger partial charge in [-0.25, -0.2) is 4.39 Å². The Morgan fingerprint density at radius 2 is 1.52 bits per heavy atom. The number of rotatable bonds is 9. The number of carbonyl (C=O) groups is 2. The van der Waals surface area contributed by atoms with E-state index in [0.717, 1.165) is 5.56 Å². The number of hydrogen-bond donors (Lipinski definition) is 0. The minimum Gasteiger partial charge on any atom is -0.462 e. The Balaban J connectivity index is 3.04. The van der Waals surface area contributed by atoms with E-state index in [-0.39, 0.29) is 30.4 Å². The van der Waals surface area contributed by atoms with Crippen molar-refractivity contribution < 1.29 is 23.5 Å². The zero-order chi connectivity index (χ0) is 19.0. The van der Waals surface area contributed by atoms with Crippen LogP contribution in [0.5, 0.6) is 0 Å². The molecule has 0 radical (unpaired) electrons. The van der Waals surface area contributed by atoms with E-state index in [1.807, 2.05) is 0 Å². The van der Waals surface area contributed by atoms with Crippen molar-refractivity contribution in [2.75, 3.05) is 0 Å². The molecule has 0 spiro atoms. The molecule has 0 fully saturated rings. The van der Waals surface area contributed by atoms with Gasteiger partial charge in [0.1, 0.15) is 5.82 Å². The van der Waals surface area contributed by atoms with Gasteiger partial charge in [-0.3, -0.25) is 9.59 Å². The fourth-order valence-electron chi connectivity index (χ4n) is 2.51. The summed E-state index contributed by atoms with van der Waals surface area (Å²) in [5, 5.41) is 0. The molecule has 0 saturated heterocycles. The lowest BCUT2D eigenvalue weighted by Gasteiger charge is -2.23. The van der Waals surface area contributed by atoms with Crippen molar-refractivity contribution in [3.8, 4) is 0 Å². The summed E-state index contributed by atoms with van der Waals surface area (Å²) in [6.07, 6.45) is 1.82. The molecule has 0 saturated carbocycles. The molecule has 0 aliphatic carbocycles. The second kappa shape index (κ2) is 9.97. The molecule has 1 aromatic rings. The van der Waals surface area contributed by atoms with E-state index in [4.69, 9.17) is 9.47 Å². The second-order valence-corrected chi connectivity index (χ2v) is 6.53. The number of esters is 2. The molecule has 0 aromatic heterocycles. The van der Waals surface area contributed by atoms with Gasteiger partial charge in [0, 0.05) is 0 Å². The lowest BCUT2D eigenvalue weighted by molar-refractivity contribution is -0.166. The van der Waals surface area contributed by atoms with Crippen molar-refractivity contribution in [3.05, 3.63) is 48.3 Å². The van der Waals surface area contributed by atoms with E-state index in [1.165, 1.54) is 12.1 Å². The average Bonchev–Trinajstić information content (AvgIpc) is 2.50. The molecule has 0 N–H and O–H groups in total. The van der Waals surface area contributed by atoms with Crippen LogP contribution in [0, 0.1) is 11.7 Å². The fourth-order valence-corrected chi connectivity index (χ4v) is 2.51. The van der Waals surface area contributed by atoms with Crippen molar-refractivity contribution in [2.45, 2.75) is 58.7 Å². The van der Waals surface area contributed by atoms with Crippen LogP contribution in [0.3, 0.4) is 0 Å². The normalized spacial score (nSPS) is 12.3. The first-order valence-electron chi connectivity index (χ1n) is 8.51. The predicted molar refractivity (Wildman–Crippen MR) is 94.5 cm³/mol. The van der Waals surface area contributed by atoms with Crippen molar-refractivity contribution in [1.82, 2.24) is 0 Å². The first-order chi connectivity index (χ1) is 11.7. The highest BCUT2D eigenvalue weighted by Gasteiger charge is 2.33. The Morgan fingerprint density at radius 1 is 1.04 bits per heavy atom. The first kappa shape index (κ1) is 20.9. The largest absolute Gasteiger partial charge is 0.462 e. The Labute approximate surface area is 149 Å². The summed E-state index contributed by atoms with van der Waals surface area (Å²) in [6.45, 7) is 10.6. The molecule has 0 heterocycles. The van der Waals surface area contributed by atoms with Gasteiger partial charge in [-0.2, -0.15) is 0 Å². The minimum absolute atomic E-state index is 0.164. The summed E-state index contributed by atoms with van der Waals surface area (Å²) in [6, 6.07) is 6.03. The molecule has 5 heteroatoms. The summed E-state index contributed by atoms with van der Waals surface area (Å²) in [7, 11) is 0. The van der Waals surface area contributed by atoms with E-state index in [1.54, 1.807) is 45.9 Å².